The summed E-state index contributed by atoms with van der Waals surface area (Å²) in [6, 6.07) is 3.71. The summed E-state index contributed by atoms with van der Waals surface area (Å²) >= 11 is 7.89. The van der Waals surface area contributed by atoms with Crippen LogP contribution in [0, 0.1) is 0 Å². The number of nitrogens with zero attached hydrogens (tertiary/aromatic N) is 4. The van der Waals surface area contributed by atoms with Crippen molar-refractivity contribution in [3.05, 3.63) is 48.5 Å². The third-order valence-corrected chi connectivity index (χ3v) is 4.91. The van der Waals surface area contributed by atoms with Crippen LogP contribution in [-0.4, -0.2) is 38.2 Å². The minimum Gasteiger partial charge on any atom is -0.308 e. The number of pyridine rings is 1. The lowest BCUT2D eigenvalue weighted by molar-refractivity contribution is -0.117. The summed E-state index contributed by atoms with van der Waals surface area (Å²) in [6.07, 6.45) is 7.89. The number of anilines is 1. The van der Waals surface area contributed by atoms with Crippen molar-refractivity contribution in [2.45, 2.75) is 25.5 Å². The van der Waals surface area contributed by atoms with E-state index < -0.39 is 0 Å². The molecule has 24 heavy (non-hydrogen) atoms. The van der Waals surface area contributed by atoms with Crippen LogP contribution in [0.3, 0.4) is 0 Å². The second kappa shape index (κ2) is 8.89. The molecule has 1 amide bonds. The Bertz CT molecular complexity index is 689. The van der Waals surface area contributed by atoms with Gasteiger partial charge in [0.05, 0.1) is 23.3 Å². The van der Waals surface area contributed by atoms with Crippen LogP contribution >= 0.6 is 23.4 Å². The number of halogens is 1. The van der Waals surface area contributed by atoms with E-state index in [-0.39, 0.29) is 11.2 Å². The predicted molar refractivity (Wildman–Crippen MR) is 101 cm³/mol. The molecule has 0 radical (unpaired) electrons. The summed E-state index contributed by atoms with van der Waals surface area (Å²) in [6.45, 7) is 8.08. The third-order valence-electron chi connectivity index (χ3n) is 3.47. The summed E-state index contributed by atoms with van der Waals surface area (Å²) in [5.41, 5.74) is 1.41. The van der Waals surface area contributed by atoms with Gasteiger partial charge in [0.2, 0.25) is 5.91 Å². The van der Waals surface area contributed by atoms with Crippen LogP contribution in [0.1, 0.15) is 20.3 Å². The van der Waals surface area contributed by atoms with E-state index in [0.717, 1.165) is 17.9 Å². The Hall–Kier alpha value is -1.79. The second-order valence-electron chi connectivity index (χ2n) is 5.13. The van der Waals surface area contributed by atoms with Gasteiger partial charge in [0.15, 0.2) is 5.15 Å². The Morgan fingerprint density at radius 1 is 1.58 bits per heavy atom. The van der Waals surface area contributed by atoms with Crippen LogP contribution in [0.15, 0.2) is 43.4 Å². The molecule has 2 heterocycles. The summed E-state index contributed by atoms with van der Waals surface area (Å²) in [7, 11) is 0. The molecule has 7 heteroatoms. The molecule has 0 N–H and O–H groups in total. The average Bonchev–Trinajstić information content (AvgIpc) is 2.98. The normalized spacial score (nSPS) is 12.0. The van der Waals surface area contributed by atoms with E-state index >= 15 is 0 Å². The Morgan fingerprint density at radius 3 is 3.00 bits per heavy atom. The minimum absolute atomic E-state index is 0.0270. The number of thioether (sulfide) groups is 1. The smallest absolute Gasteiger partial charge is 0.239 e. The van der Waals surface area contributed by atoms with Gasteiger partial charge in [-0.3, -0.25) is 9.78 Å². The van der Waals surface area contributed by atoms with Crippen molar-refractivity contribution < 1.29 is 4.79 Å². The third kappa shape index (κ3) is 4.39. The van der Waals surface area contributed by atoms with E-state index in [0.29, 0.717) is 17.4 Å². The van der Waals surface area contributed by atoms with Crippen molar-refractivity contribution >= 4 is 35.0 Å². The zero-order chi connectivity index (χ0) is 17.5. The van der Waals surface area contributed by atoms with Crippen molar-refractivity contribution in [2.24, 2.45) is 0 Å². The Kier molecular flexibility index (Phi) is 6.87. The molecule has 128 valence electrons. The molecule has 0 aliphatic heterocycles. The first-order valence-corrected chi connectivity index (χ1v) is 9.20. The number of carbonyl (C=O) groups is 1. The summed E-state index contributed by atoms with van der Waals surface area (Å²) in [4.78, 5) is 18.5. The summed E-state index contributed by atoms with van der Waals surface area (Å²) in [5, 5.41) is 4.45. The molecule has 0 fully saturated rings. The molecule has 0 aromatic carbocycles. The molecule has 5 nitrogen and oxygen atoms in total. The predicted octanol–water partition coefficient (Wildman–Crippen LogP) is 3.97. The highest BCUT2D eigenvalue weighted by Crippen LogP contribution is 2.28. The number of aromatic nitrogens is 3. The highest BCUT2D eigenvalue weighted by molar-refractivity contribution is 8.00. The van der Waals surface area contributed by atoms with E-state index in [9.17, 15) is 4.79 Å². The van der Waals surface area contributed by atoms with Crippen molar-refractivity contribution in [2.75, 3.05) is 17.2 Å². The van der Waals surface area contributed by atoms with Crippen LogP contribution in [0.25, 0.3) is 5.69 Å². The average molecular weight is 365 g/mol. The molecular weight excluding hydrogens is 344 g/mol. The van der Waals surface area contributed by atoms with Crippen LogP contribution in [0.4, 0.5) is 5.69 Å². The van der Waals surface area contributed by atoms with Gasteiger partial charge < -0.3 is 4.90 Å². The molecule has 1 atom stereocenters. The minimum atomic E-state index is -0.150. The van der Waals surface area contributed by atoms with Gasteiger partial charge in [-0.2, -0.15) is 5.10 Å². The molecular formula is C17H21ClN4OS. The van der Waals surface area contributed by atoms with Gasteiger partial charge in [0.1, 0.15) is 5.69 Å². The van der Waals surface area contributed by atoms with Crippen LogP contribution < -0.4 is 4.90 Å². The van der Waals surface area contributed by atoms with Crippen molar-refractivity contribution in [3.8, 4) is 5.69 Å². The first-order chi connectivity index (χ1) is 11.6. The topological polar surface area (TPSA) is 51.0 Å². The fourth-order valence-corrected chi connectivity index (χ4v) is 3.37. The van der Waals surface area contributed by atoms with Gasteiger partial charge >= 0.3 is 0 Å². The van der Waals surface area contributed by atoms with Gasteiger partial charge in [0.25, 0.3) is 0 Å². The fraction of sp³-hybridized carbons (Fsp3) is 0.353. The van der Waals surface area contributed by atoms with Crippen LogP contribution in [0.2, 0.25) is 5.15 Å². The van der Waals surface area contributed by atoms with Gasteiger partial charge in [-0.1, -0.05) is 17.7 Å². The molecule has 2 aromatic rings. The number of amides is 1. The highest BCUT2D eigenvalue weighted by atomic mass is 35.5. The number of rotatable bonds is 8. The van der Waals surface area contributed by atoms with E-state index in [2.05, 4.69) is 16.7 Å². The lowest BCUT2D eigenvalue weighted by Gasteiger charge is -2.23. The van der Waals surface area contributed by atoms with Crippen molar-refractivity contribution in [1.29, 1.82) is 0 Å². The molecule has 1 unspecified atom stereocenters. The maximum absolute atomic E-state index is 12.7. The lowest BCUT2D eigenvalue weighted by atomic mass is 10.3. The highest BCUT2D eigenvalue weighted by Gasteiger charge is 2.24. The number of hydrogen-bond donors (Lipinski definition) is 0. The zero-order valence-corrected chi connectivity index (χ0v) is 15.4. The number of allylic oxidation sites excluding steroid dienone is 1. The SMILES string of the molecule is C=CCCSC(C)C(=O)N(CC)c1cn(-c2cccnc2)nc1Cl. The molecule has 0 saturated carbocycles. The van der Waals surface area contributed by atoms with Gasteiger partial charge in [-0.05, 0) is 38.2 Å². The lowest BCUT2D eigenvalue weighted by Crippen LogP contribution is -2.36. The Morgan fingerprint density at radius 2 is 2.38 bits per heavy atom. The van der Waals surface area contributed by atoms with Gasteiger partial charge in [-0.15, -0.1) is 18.3 Å². The molecule has 0 aliphatic carbocycles. The molecule has 0 aliphatic rings. The number of hydrogen-bond acceptors (Lipinski definition) is 4. The van der Waals surface area contributed by atoms with Crippen molar-refractivity contribution in [1.82, 2.24) is 14.8 Å². The quantitative estimate of drug-likeness (QED) is 0.525. The van der Waals surface area contributed by atoms with Crippen LogP contribution in [-0.2, 0) is 4.79 Å². The molecule has 0 bridgehead atoms. The van der Waals surface area contributed by atoms with E-state index in [1.165, 1.54) is 0 Å². The first-order valence-electron chi connectivity index (χ1n) is 7.78. The molecule has 0 saturated heterocycles. The zero-order valence-electron chi connectivity index (χ0n) is 13.9. The molecule has 2 rings (SSSR count). The van der Waals surface area contributed by atoms with Crippen LogP contribution in [0.5, 0.6) is 0 Å². The van der Waals surface area contributed by atoms with Gasteiger partial charge in [0, 0.05) is 12.7 Å². The summed E-state index contributed by atoms with van der Waals surface area (Å²) in [5.74, 6) is 0.899. The first kappa shape index (κ1) is 18.5. The summed E-state index contributed by atoms with van der Waals surface area (Å²) < 4.78 is 1.64. The maximum atomic E-state index is 12.7. The van der Waals surface area contributed by atoms with E-state index in [4.69, 9.17) is 11.6 Å². The van der Waals surface area contributed by atoms with E-state index in [1.54, 1.807) is 39.9 Å². The Balaban J connectivity index is 2.20. The fourth-order valence-electron chi connectivity index (χ4n) is 2.21. The van der Waals surface area contributed by atoms with E-state index in [1.807, 2.05) is 32.1 Å². The number of carbonyl (C=O) groups excluding carboxylic acids is 1. The Labute approximate surface area is 151 Å². The van der Waals surface area contributed by atoms with Crippen molar-refractivity contribution in [3.63, 3.8) is 0 Å². The molecule has 0 spiro atoms. The standard InChI is InChI=1S/C17H21ClN4OS/c1-4-6-10-24-13(3)17(23)21(5-2)15-12-22(20-16(15)18)14-8-7-9-19-11-14/h4,7-9,11-13H,1,5-6,10H2,2-3H3. The maximum Gasteiger partial charge on any atom is 0.239 e. The largest absolute Gasteiger partial charge is 0.308 e. The second-order valence-corrected chi connectivity index (χ2v) is 6.94. The molecule has 2 aromatic heterocycles. The van der Waals surface area contributed by atoms with Gasteiger partial charge in [-0.25, -0.2) is 4.68 Å². The monoisotopic (exact) mass is 364 g/mol.